The van der Waals surface area contributed by atoms with E-state index >= 15 is 0 Å². The third-order valence-corrected chi connectivity index (χ3v) is 4.64. The molecule has 140 valence electrons. The highest BCUT2D eigenvalue weighted by molar-refractivity contribution is 7.99. The van der Waals surface area contributed by atoms with E-state index in [1.165, 1.54) is 22.7 Å². The Hall–Kier alpha value is -1.45. The quantitative estimate of drug-likeness (QED) is 0.819. The van der Waals surface area contributed by atoms with E-state index in [1.807, 2.05) is 0 Å². The minimum Gasteiger partial charge on any atom is -0.326 e. The normalized spacial score (nSPS) is 17.2. The van der Waals surface area contributed by atoms with Gasteiger partial charge in [0.2, 0.25) is 11.8 Å². The summed E-state index contributed by atoms with van der Waals surface area (Å²) in [5, 5.41) is 2.48. The fraction of sp³-hybridized carbons (Fsp3) is 0.467. The van der Waals surface area contributed by atoms with Gasteiger partial charge in [0.1, 0.15) is 6.04 Å². The number of amides is 2. The Balaban J connectivity index is 0.00000312. The van der Waals surface area contributed by atoms with Gasteiger partial charge < -0.3 is 16.0 Å². The molecule has 5 nitrogen and oxygen atoms in total. The van der Waals surface area contributed by atoms with Crippen LogP contribution in [0.5, 0.6) is 0 Å². The maximum absolute atomic E-state index is 12.9. The second-order valence-electron chi connectivity index (χ2n) is 5.34. The molecule has 10 heteroatoms. The van der Waals surface area contributed by atoms with E-state index in [9.17, 15) is 22.8 Å². The van der Waals surface area contributed by atoms with E-state index in [1.54, 1.807) is 6.92 Å². The van der Waals surface area contributed by atoms with Crippen LogP contribution in [-0.4, -0.2) is 34.4 Å². The molecule has 2 amide bonds. The number of hydrogen-bond acceptors (Lipinski definition) is 4. The fourth-order valence-corrected chi connectivity index (χ4v) is 3.56. The van der Waals surface area contributed by atoms with Crippen LogP contribution in [-0.2, 0) is 22.3 Å². The number of halogens is 4. The Morgan fingerprint density at radius 2 is 2.04 bits per heavy atom. The molecule has 1 aliphatic heterocycles. The predicted molar refractivity (Wildman–Crippen MR) is 93.5 cm³/mol. The van der Waals surface area contributed by atoms with Crippen LogP contribution in [0.4, 0.5) is 18.9 Å². The van der Waals surface area contributed by atoms with E-state index in [0.29, 0.717) is 11.6 Å². The highest BCUT2D eigenvalue weighted by Gasteiger charge is 2.35. The first-order valence-electron chi connectivity index (χ1n) is 7.35. The van der Waals surface area contributed by atoms with Crippen molar-refractivity contribution in [3.63, 3.8) is 0 Å². The molecule has 0 saturated carbocycles. The van der Waals surface area contributed by atoms with Crippen molar-refractivity contribution in [2.45, 2.75) is 32.1 Å². The Bertz CT molecular complexity index is 643. The number of nitrogens with zero attached hydrogens (tertiary/aromatic N) is 1. The van der Waals surface area contributed by atoms with Gasteiger partial charge in [0.05, 0.1) is 11.4 Å². The van der Waals surface area contributed by atoms with Crippen LogP contribution in [0, 0.1) is 0 Å². The zero-order valence-corrected chi connectivity index (χ0v) is 15.1. The number of benzene rings is 1. The van der Waals surface area contributed by atoms with Crippen LogP contribution >= 0.6 is 24.2 Å². The zero-order valence-electron chi connectivity index (χ0n) is 13.4. The van der Waals surface area contributed by atoms with Crippen LogP contribution in [0.25, 0.3) is 0 Å². The summed E-state index contributed by atoms with van der Waals surface area (Å²) in [7, 11) is 0. The van der Waals surface area contributed by atoms with Gasteiger partial charge >= 0.3 is 6.18 Å². The molecule has 1 heterocycles. The molecule has 2 rings (SSSR count). The average molecular weight is 398 g/mol. The Kier molecular flexibility index (Phi) is 7.58. The number of hydrogen-bond donors (Lipinski definition) is 2. The number of thioether (sulfide) groups is 1. The molecule has 25 heavy (non-hydrogen) atoms. The van der Waals surface area contributed by atoms with Crippen LogP contribution in [0.1, 0.15) is 24.5 Å². The Morgan fingerprint density at radius 1 is 1.36 bits per heavy atom. The molecule has 0 aliphatic carbocycles. The summed E-state index contributed by atoms with van der Waals surface area (Å²) in [6.45, 7) is 1.62. The molecule has 3 N–H and O–H groups in total. The van der Waals surface area contributed by atoms with Gasteiger partial charge in [-0.3, -0.25) is 9.59 Å². The summed E-state index contributed by atoms with van der Waals surface area (Å²) >= 11 is 1.43. The molecule has 1 aromatic rings. The van der Waals surface area contributed by atoms with Crippen molar-refractivity contribution in [1.29, 1.82) is 0 Å². The summed E-state index contributed by atoms with van der Waals surface area (Å²) in [4.78, 5) is 25.7. The standard InChI is InChI=1S/C15H18F3N3O2S.ClH/c1-2-13(22)21-8-24-7-12(21)14(23)20-11-4-9(6-19)3-10(5-11)15(16,17)18;/h3-5,12H,2,6-8,19H2,1H3,(H,20,23);1H. The molecule has 0 bridgehead atoms. The summed E-state index contributed by atoms with van der Waals surface area (Å²) in [5.41, 5.74) is 4.85. The Morgan fingerprint density at radius 3 is 2.60 bits per heavy atom. The van der Waals surface area contributed by atoms with Crippen molar-refractivity contribution in [2.75, 3.05) is 16.9 Å². The average Bonchev–Trinajstić information content (AvgIpc) is 3.02. The lowest BCUT2D eigenvalue weighted by molar-refractivity contribution is -0.137. The lowest BCUT2D eigenvalue weighted by Crippen LogP contribution is -2.44. The molecular formula is C15H19ClF3N3O2S. The molecule has 1 aliphatic rings. The fourth-order valence-electron chi connectivity index (χ4n) is 2.38. The summed E-state index contributed by atoms with van der Waals surface area (Å²) in [6, 6.07) is 2.54. The smallest absolute Gasteiger partial charge is 0.326 e. The second-order valence-corrected chi connectivity index (χ2v) is 6.34. The Labute approximate surface area is 153 Å². The molecule has 1 fully saturated rings. The number of rotatable bonds is 4. The number of carbonyl (C=O) groups excluding carboxylic acids is 2. The third kappa shape index (κ3) is 5.26. The molecule has 0 radical (unpaired) electrons. The number of carbonyl (C=O) groups is 2. The van der Waals surface area contributed by atoms with Crippen molar-refractivity contribution in [3.05, 3.63) is 29.3 Å². The van der Waals surface area contributed by atoms with Gasteiger partial charge in [-0.15, -0.1) is 24.2 Å². The summed E-state index contributed by atoms with van der Waals surface area (Å²) < 4.78 is 38.8. The van der Waals surface area contributed by atoms with Crippen molar-refractivity contribution in [3.8, 4) is 0 Å². The highest BCUT2D eigenvalue weighted by atomic mass is 35.5. The minimum absolute atomic E-state index is 0. The molecule has 0 spiro atoms. The number of anilines is 1. The van der Waals surface area contributed by atoms with Gasteiger partial charge in [-0.2, -0.15) is 13.2 Å². The van der Waals surface area contributed by atoms with Gasteiger partial charge in [-0.25, -0.2) is 0 Å². The SMILES string of the molecule is CCC(=O)N1CSCC1C(=O)Nc1cc(CN)cc(C(F)(F)F)c1.Cl. The monoisotopic (exact) mass is 397 g/mol. The van der Waals surface area contributed by atoms with Crippen molar-refractivity contribution in [2.24, 2.45) is 5.73 Å². The molecule has 1 atom stereocenters. The van der Waals surface area contributed by atoms with Crippen LogP contribution in [0.15, 0.2) is 18.2 Å². The minimum atomic E-state index is -4.53. The van der Waals surface area contributed by atoms with Crippen molar-refractivity contribution in [1.82, 2.24) is 4.90 Å². The first kappa shape index (κ1) is 21.6. The highest BCUT2D eigenvalue weighted by Crippen LogP contribution is 2.32. The van der Waals surface area contributed by atoms with Gasteiger partial charge in [-0.1, -0.05) is 6.92 Å². The maximum Gasteiger partial charge on any atom is 0.416 e. The van der Waals surface area contributed by atoms with Gasteiger partial charge in [0.25, 0.3) is 0 Å². The molecular weight excluding hydrogens is 379 g/mol. The van der Waals surface area contributed by atoms with E-state index in [-0.39, 0.29) is 42.5 Å². The van der Waals surface area contributed by atoms with E-state index in [4.69, 9.17) is 5.73 Å². The van der Waals surface area contributed by atoms with Gasteiger partial charge in [0.15, 0.2) is 0 Å². The largest absolute Gasteiger partial charge is 0.416 e. The molecule has 1 unspecified atom stereocenters. The first-order chi connectivity index (χ1) is 11.3. The molecule has 1 saturated heterocycles. The van der Waals surface area contributed by atoms with Crippen molar-refractivity contribution >= 4 is 41.7 Å². The first-order valence-corrected chi connectivity index (χ1v) is 8.51. The zero-order chi connectivity index (χ0) is 17.9. The van der Waals surface area contributed by atoms with E-state index in [2.05, 4.69) is 5.32 Å². The van der Waals surface area contributed by atoms with Gasteiger partial charge in [-0.05, 0) is 23.8 Å². The summed E-state index contributed by atoms with van der Waals surface area (Å²) in [5.74, 6) is 0.165. The van der Waals surface area contributed by atoms with Gasteiger partial charge in [0, 0.05) is 24.4 Å². The predicted octanol–water partition coefficient (Wildman–Crippen LogP) is 2.84. The summed E-state index contributed by atoms with van der Waals surface area (Å²) in [6.07, 6.45) is -4.26. The number of nitrogens with two attached hydrogens (primary N) is 1. The van der Waals surface area contributed by atoms with E-state index < -0.39 is 23.7 Å². The lowest BCUT2D eigenvalue weighted by Gasteiger charge is -2.23. The van der Waals surface area contributed by atoms with Crippen LogP contribution < -0.4 is 11.1 Å². The topological polar surface area (TPSA) is 75.4 Å². The number of alkyl halides is 3. The maximum atomic E-state index is 12.9. The van der Waals surface area contributed by atoms with Crippen molar-refractivity contribution < 1.29 is 22.8 Å². The molecule has 1 aromatic carbocycles. The van der Waals surface area contributed by atoms with Crippen LogP contribution in [0.3, 0.4) is 0 Å². The van der Waals surface area contributed by atoms with E-state index in [0.717, 1.165) is 12.1 Å². The number of nitrogens with one attached hydrogen (secondary N) is 1. The second kappa shape index (κ2) is 8.77. The molecule has 0 aromatic heterocycles. The third-order valence-electron chi connectivity index (χ3n) is 3.63. The lowest BCUT2D eigenvalue weighted by atomic mass is 10.1. The van der Waals surface area contributed by atoms with Crippen LogP contribution in [0.2, 0.25) is 0 Å².